The SMILES string of the molecule is O=C(NC[C@H](O)CN1CCc2ccccc2C1)N1CCC[S+]([O-])CC1. The van der Waals surface area contributed by atoms with Gasteiger partial charge in [0.2, 0.25) is 0 Å². The molecule has 0 bridgehead atoms. The van der Waals surface area contributed by atoms with E-state index in [1.165, 1.54) is 11.1 Å². The van der Waals surface area contributed by atoms with Gasteiger partial charge in [-0.2, -0.15) is 0 Å². The standard InChI is InChI=1S/C18H27N3O3S/c22-17(12-19-18(23)21-7-3-10-25(24)11-9-21)14-20-8-6-15-4-1-2-5-16(15)13-20/h1-2,4-5,17,22H,3,6-14H2,(H,19,23)/t17-,25?/m0/s1. The van der Waals surface area contributed by atoms with E-state index < -0.39 is 17.3 Å². The summed E-state index contributed by atoms with van der Waals surface area (Å²) in [6.07, 6.45) is 1.19. The predicted molar refractivity (Wildman–Crippen MR) is 98.9 cm³/mol. The lowest BCUT2D eigenvalue weighted by molar-refractivity contribution is 0.103. The molecule has 2 amide bonds. The minimum Gasteiger partial charge on any atom is -0.616 e. The number of nitrogens with one attached hydrogen (secondary N) is 1. The summed E-state index contributed by atoms with van der Waals surface area (Å²) in [6.45, 7) is 3.74. The van der Waals surface area contributed by atoms with E-state index in [0.717, 1.165) is 25.9 Å². The Bertz CT molecular complexity index is 586. The Morgan fingerprint density at radius 3 is 2.88 bits per heavy atom. The van der Waals surface area contributed by atoms with Crippen LogP contribution in [0.1, 0.15) is 17.5 Å². The molecule has 0 aromatic heterocycles. The Labute approximate surface area is 152 Å². The molecule has 2 N–H and O–H groups in total. The van der Waals surface area contributed by atoms with Gasteiger partial charge in [0.1, 0.15) is 11.5 Å². The lowest BCUT2D eigenvalue weighted by atomic mass is 10.00. The summed E-state index contributed by atoms with van der Waals surface area (Å²) in [4.78, 5) is 16.1. The van der Waals surface area contributed by atoms with Gasteiger partial charge in [-0.05, 0) is 17.5 Å². The highest BCUT2D eigenvalue weighted by Gasteiger charge is 2.22. The molecule has 7 heteroatoms. The molecule has 1 unspecified atom stereocenters. The van der Waals surface area contributed by atoms with Crippen LogP contribution in [-0.4, -0.2) is 75.8 Å². The van der Waals surface area contributed by atoms with Crippen LogP contribution in [0.15, 0.2) is 24.3 Å². The van der Waals surface area contributed by atoms with Gasteiger partial charge in [-0.25, -0.2) is 4.79 Å². The van der Waals surface area contributed by atoms with Crippen LogP contribution in [0.25, 0.3) is 0 Å². The summed E-state index contributed by atoms with van der Waals surface area (Å²) in [5.41, 5.74) is 2.71. The van der Waals surface area contributed by atoms with Crippen molar-refractivity contribution in [2.75, 3.05) is 44.2 Å². The summed E-state index contributed by atoms with van der Waals surface area (Å²) >= 11 is -0.808. The third-order valence-electron chi connectivity index (χ3n) is 4.84. The van der Waals surface area contributed by atoms with Crippen molar-refractivity contribution >= 4 is 17.2 Å². The summed E-state index contributed by atoms with van der Waals surface area (Å²) < 4.78 is 11.5. The molecule has 1 fully saturated rings. The van der Waals surface area contributed by atoms with Gasteiger partial charge in [0.25, 0.3) is 0 Å². The number of nitrogens with zero attached hydrogens (tertiary/aromatic N) is 2. The molecule has 2 heterocycles. The van der Waals surface area contributed by atoms with Crippen LogP contribution >= 0.6 is 0 Å². The molecule has 0 spiro atoms. The molecule has 1 aromatic rings. The fraction of sp³-hybridized carbons (Fsp3) is 0.611. The van der Waals surface area contributed by atoms with E-state index in [4.69, 9.17) is 0 Å². The second-order valence-electron chi connectivity index (χ2n) is 6.78. The molecule has 2 aliphatic rings. The summed E-state index contributed by atoms with van der Waals surface area (Å²) in [6, 6.07) is 8.25. The number of hydrogen-bond acceptors (Lipinski definition) is 4. The van der Waals surface area contributed by atoms with Crippen molar-refractivity contribution in [1.29, 1.82) is 0 Å². The van der Waals surface area contributed by atoms with E-state index in [9.17, 15) is 14.5 Å². The van der Waals surface area contributed by atoms with Crippen LogP contribution in [0.5, 0.6) is 0 Å². The zero-order valence-corrected chi connectivity index (χ0v) is 15.3. The van der Waals surface area contributed by atoms with Crippen molar-refractivity contribution in [3.63, 3.8) is 0 Å². The smallest absolute Gasteiger partial charge is 0.317 e. The third kappa shape index (κ3) is 5.34. The number of urea groups is 1. The first-order chi connectivity index (χ1) is 12.1. The van der Waals surface area contributed by atoms with E-state index in [1.807, 2.05) is 6.07 Å². The number of rotatable bonds is 4. The first kappa shape index (κ1) is 18.5. The molecule has 2 atom stereocenters. The molecule has 25 heavy (non-hydrogen) atoms. The Kier molecular flexibility index (Phi) is 6.58. The largest absolute Gasteiger partial charge is 0.616 e. The number of benzene rings is 1. The van der Waals surface area contributed by atoms with Gasteiger partial charge in [0, 0.05) is 39.1 Å². The van der Waals surface area contributed by atoms with E-state index in [2.05, 4.69) is 28.4 Å². The van der Waals surface area contributed by atoms with Gasteiger partial charge >= 0.3 is 6.03 Å². The van der Waals surface area contributed by atoms with Crippen LogP contribution < -0.4 is 5.32 Å². The highest BCUT2D eigenvalue weighted by atomic mass is 32.2. The molecule has 2 aliphatic heterocycles. The quantitative estimate of drug-likeness (QED) is 0.765. The van der Waals surface area contributed by atoms with Crippen molar-refractivity contribution in [1.82, 2.24) is 15.1 Å². The van der Waals surface area contributed by atoms with Crippen molar-refractivity contribution in [3.8, 4) is 0 Å². The summed E-state index contributed by atoms with van der Waals surface area (Å²) in [5, 5.41) is 13.1. The zero-order valence-electron chi connectivity index (χ0n) is 14.5. The highest BCUT2D eigenvalue weighted by Crippen LogP contribution is 2.18. The average Bonchev–Trinajstić information content (AvgIpc) is 2.84. The first-order valence-electron chi connectivity index (χ1n) is 8.97. The van der Waals surface area contributed by atoms with Gasteiger partial charge < -0.3 is 19.9 Å². The van der Waals surface area contributed by atoms with Crippen molar-refractivity contribution < 1.29 is 14.5 Å². The second-order valence-corrected chi connectivity index (χ2v) is 8.48. The lowest BCUT2D eigenvalue weighted by Crippen LogP contribution is -2.46. The molecule has 6 nitrogen and oxygen atoms in total. The highest BCUT2D eigenvalue weighted by molar-refractivity contribution is 7.91. The van der Waals surface area contributed by atoms with Crippen molar-refractivity contribution in [2.24, 2.45) is 0 Å². The lowest BCUT2D eigenvalue weighted by Gasteiger charge is -2.30. The monoisotopic (exact) mass is 365 g/mol. The van der Waals surface area contributed by atoms with Gasteiger partial charge in [-0.3, -0.25) is 4.90 Å². The van der Waals surface area contributed by atoms with Crippen LogP contribution in [0, 0.1) is 0 Å². The molecule has 0 saturated carbocycles. The van der Waals surface area contributed by atoms with Crippen molar-refractivity contribution in [3.05, 3.63) is 35.4 Å². The maximum atomic E-state index is 12.2. The minimum absolute atomic E-state index is 0.165. The van der Waals surface area contributed by atoms with E-state index in [0.29, 0.717) is 31.1 Å². The first-order valence-corrected chi connectivity index (χ1v) is 10.5. The minimum atomic E-state index is -0.808. The number of aliphatic hydroxyl groups is 1. The fourth-order valence-electron chi connectivity index (χ4n) is 3.43. The van der Waals surface area contributed by atoms with E-state index >= 15 is 0 Å². The molecule has 138 valence electrons. The van der Waals surface area contributed by atoms with Crippen molar-refractivity contribution in [2.45, 2.75) is 25.5 Å². The maximum absolute atomic E-state index is 12.2. The number of fused-ring (bicyclic) bond motifs is 1. The third-order valence-corrected chi connectivity index (χ3v) is 6.23. The Hall–Kier alpha value is -1.28. The number of amides is 2. The molecule has 3 rings (SSSR count). The van der Waals surface area contributed by atoms with Gasteiger partial charge in [0.05, 0.1) is 12.6 Å². The fourth-order valence-corrected chi connectivity index (χ4v) is 4.51. The number of carbonyl (C=O) groups is 1. The summed E-state index contributed by atoms with van der Waals surface area (Å²) in [5.74, 6) is 1.21. The Morgan fingerprint density at radius 2 is 2.04 bits per heavy atom. The Balaban J connectivity index is 1.41. The van der Waals surface area contributed by atoms with Gasteiger partial charge in [-0.15, -0.1) is 0 Å². The van der Waals surface area contributed by atoms with E-state index in [-0.39, 0.29) is 12.6 Å². The molecule has 1 aromatic carbocycles. The number of hydrogen-bond donors (Lipinski definition) is 2. The normalized spacial score (nSPS) is 22.8. The molecule has 0 radical (unpaired) electrons. The molecular formula is C18H27N3O3S. The summed E-state index contributed by atoms with van der Waals surface area (Å²) in [7, 11) is 0. The van der Waals surface area contributed by atoms with E-state index in [1.54, 1.807) is 4.90 Å². The van der Waals surface area contributed by atoms with Crippen LogP contribution in [0.4, 0.5) is 4.79 Å². The van der Waals surface area contributed by atoms with Crippen LogP contribution in [0.3, 0.4) is 0 Å². The van der Waals surface area contributed by atoms with Crippen LogP contribution in [0.2, 0.25) is 0 Å². The molecule has 1 saturated heterocycles. The predicted octanol–water partition coefficient (Wildman–Crippen LogP) is 0.570. The maximum Gasteiger partial charge on any atom is 0.317 e. The Morgan fingerprint density at radius 1 is 1.24 bits per heavy atom. The van der Waals surface area contributed by atoms with Crippen LogP contribution in [-0.2, 0) is 24.1 Å². The van der Waals surface area contributed by atoms with Gasteiger partial charge in [0.15, 0.2) is 0 Å². The number of β-amino-alcohol motifs (C(OH)–C–C–N with tert-alkyl or cyclic N) is 1. The second kappa shape index (κ2) is 8.89. The number of aliphatic hydroxyl groups excluding tert-OH is 1. The van der Waals surface area contributed by atoms with Gasteiger partial charge in [-0.1, -0.05) is 35.4 Å². The molecule has 0 aliphatic carbocycles. The average molecular weight is 365 g/mol. The molecular weight excluding hydrogens is 338 g/mol. The zero-order chi connectivity index (χ0) is 17.6. The topological polar surface area (TPSA) is 78.9 Å². The number of carbonyl (C=O) groups excluding carboxylic acids is 1.